The molecule has 0 aromatic heterocycles. The van der Waals surface area contributed by atoms with Crippen LogP contribution in [0.1, 0.15) is 15.9 Å². The largest absolute Gasteiger partial charge is 0.506 e. The van der Waals surface area contributed by atoms with Gasteiger partial charge in [0.15, 0.2) is 0 Å². The molecule has 0 radical (unpaired) electrons. The van der Waals surface area contributed by atoms with Crippen molar-refractivity contribution in [2.75, 3.05) is 6.54 Å². The molecular formula is C15H12ClF2NO2. The number of carbonyl (C=O) groups excluding carboxylic acids is 1. The van der Waals surface area contributed by atoms with Crippen LogP contribution in [0.3, 0.4) is 0 Å². The van der Waals surface area contributed by atoms with Crippen molar-refractivity contribution in [2.24, 2.45) is 0 Å². The van der Waals surface area contributed by atoms with Crippen molar-refractivity contribution < 1.29 is 18.7 Å². The molecule has 2 N–H and O–H groups in total. The van der Waals surface area contributed by atoms with Crippen LogP contribution in [0.5, 0.6) is 5.75 Å². The molecule has 0 spiro atoms. The number of hydrogen-bond donors (Lipinski definition) is 2. The van der Waals surface area contributed by atoms with Crippen LogP contribution in [0.25, 0.3) is 0 Å². The maximum absolute atomic E-state index is 13.0. The van der Waals surface area contributed by atoms with E-state index in [2.05, 4.69) is 5.32 Å². The summed E-state index contributed by atoms with van der Waals surface area (Å²) in [6.45, 7) is 0.222. The number of aromatic hydroxyl groups is 1. The SMILES string of the molecule is O=C(NCCc1cc(F)cc(F)c1)c1ccc(O)c(Cl)c1. The summed E-state index contributed by atoms with van der Waals surface area (Å²) in [6, 6.07) is 7.31. The van der Waals surface area contributed by atoms with Gasteiger partial charge in [0.2, 0.25) is 0 Å². The molecule has 21 heavy (non-hydrogen) atoms. The van der Waals surface area contributed by atoms with Crippen molar-refractivity contribution in [1.29, 1.82) is 0 Å². The number of phenolic OH excluding ortho intramolecular Hbond substituents is 1. The zero-order valence-corrected chi connectivity index (χ0v) is 11.6. The predicted octanol–water partition coefficient (Wildman–Crippen LogP) is 3.30. The minimum Gasteiger partial charge on any atom is -0.506 e. The van der Waals surface area contributed by atoms with Crippen LogP contribution in [-0.4, -0.2) is 17.6 Å². The molecule has 0 aliphatic rings. The van der Waals surface area contributed by atoms with E-state index in [9.17, 15) is 18.7 Å². The Hall–Kier alpha value is -2.14. The summed E-state index contributed by atoms with van der Waals surface area (Å²) >= 11 is 5.71. The summed E-state index contributed by atoms with van der Waals surface area (Å²) in [5.41, 5.74) is 0.750. The third kappa shape index (κ3) is 4.16. The van der Waals surface area contributed by atoms with Gasteiger partial charge < -0.3 is 10.4 Å². The number of benzene rings is 2. The van der Waals surface area contributed by atoms with E-state index in [0.29, 0.717) is 17.5 Å². The molecule has 0 heterocycles. The summed E-state index contributed by atoms with van der Waals surface area (Å²) in [6.07, 6.45) is 0.298. The molecule has 2 rings (SSSR count). The molecule has 2 aromatic rings. The first-order valence-electron chi connectivity index (χ1n) is 6.17. The Bertz CT molecular complexity index is 656. The van der Waals surface area contributed by atoms with Crippen LogP contribution in [0.15, 0.2) is 36.4 Å². The number of phenols is 1. The van der Waals surface area contributed by atoms with Gasteiger partial charge in [0, 0.05) is 18.2 Å². The van der Waals surface area contributed by atoms with Crippen molar-refractivity contribution in [3.63, 3.8) is 0 Å². The fourth-order valence-corrected chi connectivity index (χ4v) is 2.01. The van der Waals surface area contributed by atoms with Gasteiger partial charge in [0.1, 0.15) is 17.4 Å². The Morgan fingerprint density at radius 3 is 2.43 bits per heavy atom. The quantitative estimate of drug-likeness (QED) is 0.910. The molecule has 0 aliphatic heterocycles. The van der Waals surface area contributed by atoms with E-state index in [1.165, 1.54) is 30.3 Å². The molecule has 1 amide bonds. The highest BCUT2D eigenvalue weighted by molar-refractivity contribution is 6.32. The molecule has 2 aromatic carbocycles. The van der Waals surface area contributed by atoms with Crippen LogP contribution in [0.4, 0.5) is 8.78 Å². The van der Waals surface area contributed by atoms with Gasteiger partial charge in [-0.2, -0.15) is 0 Å². The van der Waals surface area contributed by atoms with Crippen molar-refractivity contribution in [1.82, 2.24) is 5.32 Å². The summed E-state index contributed by atoms with van der Waals surface area (Å²) in [5.74, 6) is -1.79. The molecule has 3 nitrogen and oxygen atoms in total. The first-order valence-corrected chi connectivity index (χ1v) is 6.55. The molecule has 0 saturated heterocycles. The highest BCUT2D eigenvalue weighted by Gasteiger charge is 2.08. The maximum Gasteiger partial charge on any atom is 0.251 e. The molecule has 0 bridgehead atoms. The zero-order valence-electron chi connectivity index (χ0n) is 10.9. The predicted molar refractivity (Wildman–Crippen MR) is 75.5 cm³/mol. The van der Waals surface area contributed by atoms with E-state index in [1.54, 1.807) is 0 Å². The molecule has 110 valence electrons. The van der Waals surface area contributed by atoms with Crippen LogP contribution in [0, 0.1) is 11.6 Å². The average Bonchev–Trinajstić information content (AvgIpc) is 2.40. The standard InChI is InChI=1S/C15H12ClF2NO2/c16-13-7-10(1-2-14(13)20)15(21)19-4-3-9-5-11(17)8-12(18)6-9/h1-2,5-8,20H,3-4H2,(H,19,21). The average molecular weight is 312 g/mol. The van der Waals surface area contributed by atoms with Gasteiger partial charge in [-0.05, 0) is 42.3 Å². The third-order valence-corrected chi connectivity index (χ3v) is 3.13. The Morgan fingerprint density at radius 1 is 1.14 bits per heavy atom. The highest BCUT2D eigenvalue weighted by atomic mass is 35.5. The summed E-state index contributed by atoms with van der Waals surface area (Å²) < 4.78 is 26.0. The Balaban J connectivity index is 1.93. The summed E-state index contributed by atoms with van der Waals surface area (Å²) in [4.78, 5) is 11.8. The molecule has 0 unspecified atom stereocenters. The lowest BCUT2D eigenvalue weighted by molar-refractivity contribution is 0.0954. The number of halogens is 3. The fraction of sp³-hybridized carbons (Fsp3) is 0.133. The van der Waals surface area contributed by atoms with E-state index in [-0.39, 0.29) is 23.2 Å². The fourth-order valence-electron chi connectivity index (χ4n) is 1.83. The molecule has 0 atom stereocenters. The molecule has 0 saturated carbocycles. The van der Waals surface area contributed by atoms with Gasteiger partial charge in [-0.15, -0.1) is 0 Å². The van der Waals surface area contributed by atoms with Crippen LogP contribution in [-0.2, 0) is 6.42 Å². The van der Waals surface area contributed by atoms with E-state index in [0.717, 1.165) is 6.07 Å². The zero-order chi connectivity index (χ0) is 15.4. The van der Waals surface area contributed by atoms with Gasteiger partial charge in [0.05, 0.1) is 5.02 Å². The minimum atomic E-state index is -0.651. The monoisotopic (exact) mass is 311 g/mol. The number of rotatable bonds is 4. The van der Waals surface area contributed by atoms with Crippen molar-refractivity contribution in [2.45, 2.75) is 6.42 Å². The number of amides is 1. The van der Waals surface area contributed by atoms with E-state index in [1.807, 2.05) is 0 Å². The van der Waals surface area contributed by atoms with Crippen molar-refractivity contribution >= 4 is 17.5 Å². The molecule has 0 fully saturated rings. The Labute approximate surface area is 125 Å². The van der Waals surface area contributed by atoms with Crippen molar-refractivity contribution in [3.8, 4) is 5.75 Å². The maximum atomic E-state index is 13.0. The lowest BCUT2D eigenvalue weighted by atomic mass is 10.1. The highest BCUT2D eigenvalue weighted by Crippen LogP contribution is 2.23. The number of nitrogens with one attached hydrogen (secondary N) is 1. The summed E-state index contributed by atoms with van der Waals surface area (Å²) in [7, 11) is 0. The second-order valence-corrected chi connectivity index (χ2v) is 4.86. The smallest absolute Gasteiger partial charge is 0.251 e. The molecule has 0 aliphatic carbocycles. The Morgan fingerprint density at radius 2 is 1.81 bits per heavy atom. The molecular weight excluding hydrogens is 300 g/mol. The van der Waals surface area contributed by atoms with Crippen LogP contribution < -0.4 is 5.32 Å². The van der Waals surface area contributed by atoms with Gasteiger partial charge in [-0.3, -0.25) is 4.79 Å². The normalized spacial score (nSPS) is 10.4. The van der Waals surface area contributed by atoms with Crippen LogP contribution in [0.2, 0.25) is 5.02 Å². The van der Waals surface area contributed by atoms with Crippen LogP contribution >= 0.6 is 11.6 Å². The lowest BCUT2D eigenvalue weighted by Crippen LogP contribution is -2.25. The minimum absolute atomic E-state index is 0.0786. The van der Waals surface area contributed by atoms with Crippen molar-refractivity contribution in [3.05, 3.63) is 64.2 Å². The number of hydrogen-bond acceptors (Lipinski definition) is 2. The number of carbonyl (C=O) groups is 1. The first kappa shape index (κ1) is 15.3. The topological polar surface area (TPSA) is 49.3 Å². The van der Waals surface area contributed by atoms with Gasteiger partial charge >= 0.3 is 0 Å². The summed E-state index contributed by atoms with van der Waals surface area (Å²) in [5, 5.41) is 12.0. The third-order valence-electron chi connectivity index (χ3n) is 2.83. The van der Waals surface area contributed by atoms with Gasteiger partial charge in [-0.1, -0.05) is 11.6 Å². The van der Waals surface area contributed by atoms with Gasteiger partial charge in [0.25, 0.3) is 5.91 Å². The van der Waals surface area contributed by atoms with E-state index in [4.69, 9.17) is 11.6 Å². The van der Waals surface area contributed by atoms with Gasteiger partial charge in [-0.25, -0.2) is 8.78 Å². The van der Waals surface area contributed by atoms with E-state index < -0.39 is 11.6 Å². The first-order chi connectivity index (χ1) is 9.95. The van der Waals surface area contributed by atoms with E-state index >= 15 is 0 Å². The second kappa shape index (κ2) is 6.54. The Kier molecular flexibility index (Phi) is 4.75. The second-order valence-electron chi connectivity index (χ2n) is 4.45. The molecule has 6 heteroatoms. The lowest BCUT2D eigenvalue weighted by Gasteiger charge is -2.07.